The number of carbonyl (C=O) groups excluding carboxylic acids is 1. The second-order valence-corrected chi connectivity index (χ2v) is 4.73. The average molecular weight is 276 g/mol. The maximum absolute atomic E-state index is 12.2. The summed E-state index contributed by atoms with van der Waals surface area (Å²) < 4.78 is 2.71. The van der Waals surface area contributed by atoms with Crippen molar-refractivity contribution in [3.05, 3.63) is 49.5 Å². The van der Waals surface area contributed by atoms with Crippen molar-refractivity contribution in [2.24, 2.45) is 7.05 Å². The molecule has 0 spiro atoms. The van der Waals surface area contributed by atoms with Gasteiger partial charge in [-0.2, -0.15) is 5.10 Å². The number of aromatic amines is 1. The summed E-state index contributed by atoms with van der Waals surface area (Å²) in [6.45, 7) is 5.07. The molecule has 106 valence electrons. The summed E-state index contributed by atoms with van der Waals surface area (Å²) in [6.07, 6.45) is 1.16. The highest BCUT2D eigenvalue weighted by atomic mass is 16.2. The molecular weight excluding hydrogens is 260 g/mol. The number of H-pyrrole nitrogens is 1. The number of nitrogens with zero attached hydrogens (tertiary/aromatic N) is 3. The van der Waals surface area contributed by atoms with Crippen molar-refractivity contribution < 1.29 is 4.79 Å². The van der Waals surface area contributed by atoms with Gasteiger partial charge < -0.3 is 4.98 Å². The summed E-state index contributed by atoms with van der Waals surface area (Å²) in [7, 11) is 1.80. The minimum absolute atomic E-state index is 0.0243. The number of Topliss-reactive ketones (excluding diaryl/α,β-unsaturated/α-hetero) is 1. The van der Waals surface area contributed by atoms with Crippen molar-refractivity contribution in [2.75, 3.05) is 0 Å². The second-order valence-electron chi connectivity index (χ2n) is 4.73. The Hall–Kier alpha value is -2.44. The first kappa shape index (κ1) is 14.0. The molecule has 20 heavy (non-hydrogen) atoms. The van der Waals surface area contributed by atoms with Gasteiger partial charge in [0.05, 0.1) is 17.8 Å². The van der Waals surface area contributed by atoms with Crippen LogP contribution in [0.3, 0.4) is 0 Å². The Morgan fingerprint density at radius 3 is 2.50 bits per heavy atom. The molecule has 0 aliphatic heterocycles. The first-order valence-corrected chi connectivity index (χ1v) is 6.15. The van der Waals surface area contributed by atoms with Crippen LogP contribution < -0.4 is 11.2 Å². The Morgan fingerprint density at radius 2 is 2.00 bits per heavy atom. The van der Waals surface area contributed by atoms with Gasteiger partial charge in [-0.15, -0.1) is 0 Å². The summed E-state index contributed by atoms with van der Waals surface area (Å²) in [4.78, 5) is 37.8. The van der Waals surface area contributed by atoms with Crippen LogP contribution in [0.1, 0.15) is 34.2 Å². The van der Waals surface area contributed by atoms with Crippen molar-refractivity contribution >= 4 is 5.78 Å². The zero-order valence-corrected chi connectivity index (χ0v) is 11.9. The van der Waals surface area contributed by atoms with Crippen LogP contribution in [-0.2, 0) is 13.6 Å². The normalized spacial score (nSPS) is 10.8. The van der Waals surface area contributed by atoms with Crippen molar-refractivity contribution in [3.63, 3.8) is 0 Å². The van der Waals surface area contributed by atoms with Crippen LogP contribution >= 0.6 is 0 Å². The lowest BCUT2D eigenvalue weighted by Crippen LogP contribution is -2.38. The molecule has 2 aromatic rings. The van der Waals surface area contributed by atoms with E-state index in [1.165, 1.54) is 6.92 Å². The van der Waals surface area contributed by atoms with Gasteiger partial charge >= 0.3 is 5.69 Å². The Kier molecular flexibility index (Phi) is 3.44. The molecule has 2 aromatic heterocycles. The lowest BCUT2D eigenvalue weighted by atomic mass is 10.2. The molecule has 0 bridgehead atoms. The van der Waals surface area contributed by atoms with Crippen LogP contribution in [0.2, 0.25) is 0 Å². The van der Waals surface area contributed by atoms with Gasteiger partial charge in [-0.3, -0.25) is 18.8 Å². The first-order chi connectivity index (χ1) is 9.32. The van der Waals surface area contributed by atoms with E-state index in [4.69, 9.17) is 0 Å². The van der Waals surface area contributed by atoms with E-state index >= 15 is 0 Å². The molecule has 2 heterocycles. The summed E-state index contributed by atoms with van der Waals surface area (Å²) >= 11 is 0. The molecule has 0 aliphatic rings. The molecule has 7 nitrogen and oxygen atoms in total. The fourth-order valence-electron chi connectivity index (χ4n) is 2.11. The number of hydrogen-bond donors (Lipinski definition) is 1. The summed E-state index contributed by atoms with van der Waals surface area (Å²) in [5, 5.41) is 4.25. The molecule has 0 unspecified atom stereocenters. The number of nitrogens with one attached hydrogen (secondary N) is 1. The Morgan fingerprint density at radius 1 is 1.35 bits per heavy atom. The Labute approximate surface area is 114 Å². The zero-order chi connectivity index (χ0) is 15.0. The third kappa shape index (κ3) is 2.22. The summed E-state index contributed by atoms with van der Waals surface area (Å²) in [6, 6.07) is 0. The zero-order valence-electron chi connectivity index (χ0n) is 11.9. The maximum atomic E-state index is 12.2. The molecule has 0 saturated heterocycles. The minimum atomic E-state index is -0.580. The number of hydrogen-bond acceptors (Lipinski definition) is 4. The van der Waals surface area contributed by atoms with Gasteiger partial charge in [0.15, 0.2) is 5.78 Å². The number of aromatic nitrogens is 4. The van der Waals surface area contributed by atoms with E-state index in [1.54, 1.807) is 11.7 Å². The highest BCUT2D eigenvalue weighted by Gasteiger charge is 2.15. The van der Waals surface area contributed by atoms with Crippen LogP contribution in [-0.4, -0.2) is 25.1 Å². The van der Waals surface area contributed by atoms with Crippen LogP contribution in [0.25, 0.3) is 0 Å². The van der Waals surface area contributed by atoms with E-state index in [0.717, 1.165) is 27.7 Å². The molecule has 7 heteroatoms. The van der Waals surface area contributed by atoms with Gasteiger partial charge in [-0.05, 0) is 20.8 Å². The highest BCUT2D eigenvalue weighted by Crippen LogP contribution is 2.12. The Bertz CT molecular complexity index is 795. The van der Waals surface area contributed by atoms with Crippen LogP contribution in [0, 0.1) is 13.8 Å². The van der Waals surface area contributed by atoms with Crippen molar-refractivity contribution in [1.29, 1.82) is 0 Å². The second kappa shape index (κ2) is 4.92. The van der Waals surface area contributed by atoms with E-state index < -0.39 is 11.2 Å². The van der Waals surface area contributed by atoms with E-state index in [1.807, 2.05) is 13.8 Å². The molecule has 0 aliphatic carbocycles. The largest absolute Gasteiger partial charge is 0.328 e. The van der Waals surface area contributed by atoms with Crippen LogP contribution in [0.5, 0.6) is 0 Å². The lowest BCUT2D eigenvalue weighted by molar-refractivity contribution is 0.101. The summed E-state index contributed by atoms with van der Waals surface area (Å²) in [5.74, 6) is -0.375. The molecule has 2 rings (SSSR count). The third-order valence-corrected chi connectivity index (χ3v) is 3.42. The van der Waals surface area contributed by atoms with Gasteiger partial charge in [0.2, 0.25) is 0 Å². The van der Waals surface area contributed by atoms with E-state index in [0.29, 0.717) is 0 Å². The fraction of sp³-hybridized carbons (Fsp3) is 0.385. The molecule has 0 aromatic carbocycles. The van der Waals surface area contributed by atoms with Crippen LogP contribution in [0.4, 0.5) is 0 Å². The molecule has 0 radical (unpaired) electrons. The predicted molar refractivity (Wildman–Crippen MR) is 73.1 cm³/mol. The quantitative estimate of drug-likeness (QED) is 0.807. The van der Waals surface area contributed by atoms with Gasteiger partial charge in [0.1, 0.15) is 0 Å². The van der Waals surface area contributed by atoms with Gasteiger partial charge in [0, 0.05) is 24.5 Å². The lowest BCUT2D eigenvalue weighted by Gasteiger charge is -2.06. The molecular formula is C13H16N4O3. The SMILES string of the molecule is CC(=O)c1c[nH]c(=O)n(Cc2c(C)nn(C)c2C)c1=O. The van der Waals surface area contributed by atoms with Crippen molar-refractivity contribution in [3.8, 4) is 0 Å². The summed E-state index contributed by atoms with van der Waals surface area (Å²) in [5.41, 5.74) is 1.29. The van der Waals surface area contributed by atoms with Gasteiger partial charge in [0.25, 0.3) is 5.56 Å². The maximum Gasteiger partial charge on any atom is 0.328 e. The highest BCUT2D eigenvalue weighted by molar-refractivity contribution is 5.93. The third-order valence-electron chi connectivity index (χ3n) is 3.42. The number of aryl methyl sites for hydroxylation is 2. The average Bonchev–Trinajstić information content (AvgIpc) is 2.59. The van der Waals surface area contributed by atoms with Gasteiger partial charge in [-0.25, -0.2) is 4.79 Å². The smallest absolute Gasteiger partial charge is 0.313 e. The predicted octanol–water partition coefficient (Wildman–Crippen LogP) is 0.138. The first-order valence-electron chi connectivity index (χ1n) is 6.15. The molecule has 1 N–H and O–H groups in total. The number of rotatable bonds is 3. The minimum Gasteiger partial charge on any atom is -0.313 e. The molecule has 0 atom stereocenters. The van der Waals surface area contributed by atoms with E-state index in [2.05, 4.69) is 10.1 Å². The number of carbonyl (C=O) groups is 1. The topological polar surface area (TPSA) is 89.8 Å². The molecule has 0 fully saturated rings. The fourth-order valence-corrected chi connectivity index (χ4v) is 2.11. The molecule has 0 saturated carbocycles. The Balaban J connectivity index is 2.60. The van der Waals surface area contributed by atoms with E-state index in [-0.39, 0.29) is 17.9 Å². The monoisotopic (exact) mass is 276 g/mol. The van der Waals surface area contributed by atoms with E-state index in [9.17, 15) is 14.4 Å². The standard InChI is InChI=1S/C13H16N4O3/c1-7-11(8(2)16(4)15-7)6-17-12(19)10(9(3)18)5-14-13(17)20/h5H,6H2,1-4H3,(H,14,20). The van der Waals surface area contributed by atoms with Crippen LogP contribution in [0.15, 0.2) is 15.8 Å². The number of ketones is 1. The van der Waals surface area contributed by atoms with Crippen molar-refractivity contribution in [2.45, 2.75) is 27.3 Å². The molecule has 0 amide bonds. The van der Waals surface area contributed by atoms with Crippen molar-refractivity contribution in [1.82, 2.24) is 19.3 Å². The van der Waals surface area contributed by atoms with Gasteiger partial charge in [-0.1, -0.05) is 0 Å².